The first-order chi connectivity index (χ1) is 12.2. The van der Waals surface area contributed by atoms with E-state index in [2.05, 4.69) is 34.7 Å². The van der Waals surface area contributed by atoms with E-state index in [4.69, 9.17) is 14.2 Å². The molecule has 0 saturated carbocycles. The van der Waals surface area contributed by atoms with Crippen molar-refractivity contribution in [2.75, 3.05) is 40.0 Å². The number of aryl methyl sites for hydroxylation is 1. The van der Waals surface area contributed by atoms with E-state index < -0.39 is 0 Å². The molecule has 0 spiro atoms. The van der Waals surface area contributed by atoms with Crippen molar-refractivity contribution in [2.45, 2.75) is 38.9 Å². The highest BCUT2D eigenvalue weighted by atomic mass is 127. The van der Waals surface area contributed by atoms with E-state index in [1.807, 2.05) is 19.1 Å². The van der Waals surface area contributed by atoms with E-state index in [0.717, 1.165) is 50.9 Å². The predicted molar refractivity (Wildman–Crippen MR) is 116 cm³/mol. The molecule has 26 heavy (non-hydrogen) atoms. The molecule has 1 aliphatic heterocycles. The fourth-order valence-corrected chi connectivity index (χ4v) is 2.53. The molecule has 2 unspecified atom stereocenters. The standard InChI is InChI=1S/C19H31N3O3.HI/c1-15-5-7-17(8-6-15)25-16(2)13-22-19(20-3)21-10-4-11-24-18-9-12-23-14-18;/h5-8,16,18H,4,9-14H2,1-3H3,(H2,20,21,22);1H. The molecule has 1 aromatic rings. The Labute approximate surface area is 174 Å². The third-order valence-corrected chi connectivity index (χ3v) is 3.99. The summed E-state index contributed by atoms with van der Waals surface area (Å²) in [6.45, 7) is 7.90. The lowest BCUT2D eigenvalue weighted by atomic mass is 10.2. The molecule has 2 N–H and O–H groups in total. The Hall–Kier alpha value is -1.06. The van der Waals surface area contributed by atoms with Gasteiger partial charge >= 0.3 is 0 Å². The normalized spacial score (nSPS) is 18.1. The summed E-state index contributed by atoms with van der Waals surface area (Å²) in [5.74, 6) is 1.67. The number of benzene rings is 1. The third-order valence-electron chi connectivity index (χ3n) is 3.99. The van der Waals surface area contributed by atoms with Crippen LogP contribution in [0.5, 0.6) is 5.75 Å². The molecule has 0 aliphatic carbocycles. The van der Waals surface area contributed by atoms with Crippen molar-refractivity contribution >= 4 is 29.9 Å². The van der Waals surface area contributed by atoms with Gasteiger partial charge < -0.3 is 24.8 Å². The Bertz CT molecular complexity index is 519. The molecule has 2 rings (SSSR count). The van der Waals surface area contributed by atoms with Crippen LogP contribution in [0.15, 0.2) is 29.3 Å². The SMILES string of the molecule is CN=C(NCCCOC1CCOC1)NCC(C)Oc1ccc(C)cc1.I. The third kappa shape index (κ3) is 9.05. The second-order valence-electron chi connectivity index (χ2n) is 6.33. The number of guanidine groups is 1. The molecule has 1 aliphatic rings. The number of rotatable bonds is 9. The molecule has 0 bridgehead atoms. The zero-order valence-corrected chi connectivity index (χ0v) is 18.3. The summed E-state index contributed by atoms with van der Waals surface area (Å²) in [6.07, 6.45) is 2.27. The second-order valence-corrected chi connectivity index (χ2v) is 6.33. The first-order valence-corrected chi connectivity index (χ1v) is 9.04. The number of hydrogen-bond donors (Lipinski definition) is 2. The van der Waals surface area contributed by atoms with Crippen LogP contribution in [0.2, 0.25) is 0 Å². The lowest BCUT2D eigenvalue weighted by Crippen LogP contribution is -2.42. The number of ether oxygens (including phenoxy) is 3. The van der Waals surface area contributed by atoms with Crippen molar-refractivity contribution in [2.24, 2.45) is 4.99 Å². The summed E-state index contributed by atoms with van der Waals surface area (Å²) in [5.41, 5.74) is 1.23. The van der Waals surface area contributed by atoms with E-state index in [-0.39, 0.29) is 36.2 Å². The van der Waals surface area contributed by atoms with Crippen molar-refractivity contribution in [1.82, 2.24) is 10.6 Å². The van der Waals surface area contributed by atoms with Crippen molar-refractivity contribution in [1.29, 1.82) is 0 Å². The van der Waals surface area contributed by atoms with Crippen molar-refractivity contribution < 1.29 is 14.2 Å². The van der Waals surface area contributed by atoms with E-state index in [1.54, 1.807) is 7.05 Å². The highest BCUT2D eigenvalue weighted by Crippen LogP contribution is 2.13. The van der Waals surface area contributed by atoms with Gasteiger partial charge in [-0.25, -0.2) is 0 Å². The van der Waals surface area contributed by atoms with E-state index >= 15 is 0 Å². The van der Waals surface area contributed by atoms with Crippen LogP contribution < -0.4 is 15.4 Å². The highest BCUT2D eigenvalue weighted by Gasteiger charge is 2.15. The van der Waals surface area contributed by atoms with Crippen LogP contribution in [0.4, 0.5) is 0 Å². The lowest BCUT2D eigenvalue weighted by molar-refractivity contribution is 0.0420. The molecule has 7 heteroatoms. The van der Waals surface area contributed by atoms with Crippen molar-refractivity contribution in [3.8, 4) is 5.75 Å². The van der Waals surface area contributed by atoms with E-state index in [0.29, 0.717) is 6.54 Å². The maximum Gasteiger partial charge on any atom is 0.191 e. The fourth-order valence-electron chi connectivity index (χ4n) is 2.53. The number of halogens is 1. The summed E-state index contributed by atoms with van der Waals surface area (Å²) in [5, 5.41) is 6.58. The first kappa shape index (κ1) is 23.0. The maximum absolute atomic E-state index is 5.89. The molecule has 0 radical (unpaired) electrons. The molecule has 0 aromatic heterocycles. The Balaban J connectivity index is 0.00000338. The van der Waals surface area contributed by atoms with Gasteiger partial charge in [0.15, 0.2) is 5.96 Å². The molecule has 1 fully saturated rings. The van der Waals surface area contributed by atoms with Gasteiger partial charge in [-0.3, -0.25) is 4.99 Å². The van der Waals surface area contributed by atoms with Crippen LogP contribution >= 0.6 is 24.0 Å². The minimum Gasteiger partial charge on any atom is -0.489 e. The quantitative estimate of drug-likeness (QED) is 0.248. The zero-order valence-electron chi connectivity index (χ0n) is 16.0. The fraction of sp³-hybridized carbons (Fsp3) is 0.632. The summed E-state index contributed by atoms with van der Waals surface area (Å²) in [4.78, 5) is 4.23. The molecule has 1 saturated heterocycles. The largest absolute Gasteiger partial charge is 0.489 e. The van der Waals surface area contributed by atoms with Gasteiger partial charge in [-0.15, -0.1) is 24.0 Å². The molecule has 148 valence electrons. The van der Waals surface area contributed by atoms with Gasteiger partial charge in [0.25, 0.3) is 0 Å². The van der Waals surface area contributed by atoms with Crippen LogP contribution in [0.25, 0.3) is 0 Å². The number of nitrogens with one attached hydrogen (secondary N) is 2. The Morgan fingerprint density at radius 2 is 2.08 bits per heavy atom. The van der Waals surface area contributed by atoms with Crippen LogP contribution in [0.3, 0.4) is 0 Å². The van der Waals surface area contributed by atoms with Crippen LogP contribution in [0, 0.1) is 6.92 Å². The van der Waals surface area contributed by atoms with Crippen molar-refractivity contribution in [3.05, 3.63) is 29.8 Å². The van der Waals surface area contributed by atoms with Gasteiger partial charge in [-0.1, -0.05) is 17.7 Å². The molecule has 1 aromatic carbocycles. The van der Waals surface area contributed by atoms with Gasteiger partial charge in [0, 0.05) is 26.8 Å². The van der Waals surface area contributed by atoms with Crippen LogP contribution in [0.1, 0.15) is 25.3 Å². The molecular formula is C19H32IN3O3. The molecule has 2 atom stereocenters. The number of hydrogen-bond acceptors (Lipinski definition) is 4. The summed E-state index contributed by atoms with van der Waals surface area (Å²) >= 11 is 0. The zero-order chi connectivity index (χ0) is 17.9. The van der Waals surface area contributed by atoms with E-state index in [1.165, 1.54) is 5.56 Å². The predicted octanol–water partition coefficient (Wildman–Crippen LogP) is 2.74. The molecule has 6 nitrogen and oxygen atoms in total. The Kier molecular flexibility index (Phi) is 11.6. The average Bonchev–Trinajstić information content (AvgIpc) is 3.13. The second kappa shape index (κ2) is 13.2. The molecule has 0 amide bonds. The Morgan fingerprint density at radius 3 is 2.73 bits per heavy atom. The first-order valence-electron chi connectivity index (χ1n) is 9.04. The van der Waals surface area contributed by atoms with Crippen molar-refractivity contribution in [3.63, 3.8) is 0 Å². The number of nitrogens with zero attached hydrogens (tertiary/aromatic N) is 1. The topological polar surface area (TPSA) is 64.1 Å². The average molecular weight is 477 g/mol. The molecular weight excluding hydrogens is 445 g/mol. The molecule has 1 heterocycles. The van der Waals surface area contributed by atoms with Crippen LogP contribution in [-0.4, -0.2) is 58.1 Å². The lowest BCUT2D eigenvalue weighted by Gasteiger charge is -2.18. The van der Waals surface area contributed by atoms with Crippen LogP contribution in [-0.2, 0) is 9.47 Å². The maximum atomic E-state index is 5.89. The van der Waals surface area contributed by atoms with E-state index in [9.17, 15) is 0 Å². The summed E-state index contributed by atoms with van der Waals surface area (Å²) in [6, 6.07) is 8.09. The van der Waals surface area contributed by atoms with Gasteiger partial charge in [0.05, 0.1) is 19.3 Å². The Morgan fingerprint density at radius 1 is 1.31 bits per heavy atom. The smallest absolute Gasteiger partial charge is 0.191 e. The minimum atomic E-state index is 0. The highest BCUT2D eigenvalue weighted by molar-refractivity contribution is 14.0. The van der Waals surface area contributed by atoms with Gasteiger partial charge in [0.2, 0.25) is 0 Å². The monoisotopic (exact) mass is 477 g/mol. The minimum absolute atomic E-state index is 0. The van der Waals surface area contributed by atoms with Gasteiger partial charge in [0.1, 0.15) is 11.9 Å². The summed E-state index contributed by atoms with van der Waals surface area (Å²) < 4.78 is 16.9. The summed E-state index contributed by atoms with van der Waals surface area (Å²) in [7, 11) is 1.77. The number of aliphatic imine (C=N–C) groups is 1. The van der Waals surface area contributed by atoms with Gasteiger partial charge in [-0.05, 0) is 38.8 Å². The van der Waals surface area contributed by atoms with Gasteiger partial charge in [-0.2, -0.15) is 0 Å².